The number of nitrogens with zero attached hydrogens (tertiary/aromatic N) is 1. The fourth-order valence-corrected chi connectivity index (χ4v) is 2.09. The maximum Gasteiger partial charge on any atom is 0.325 e. The van der Waals surface area contributed by atoms with Gasteiger partial charge in [0.25, 0.3) is 5.91 Å². The van der Waals surface area contributed by atoms with Crippen LogP contribution in [0.1, 0.15) is 36.2 Å². The van der Waals surface area contributed by atoms with Crippen molar-refractivity contribution in [3.8, 4) is 0 Å². The Bertz CT molecular complexity index is 488. The van der Waals surface area contributed by atoms with Gasteiger partial charge in [-0.25, -0.2) is 0 Å². The molecule has 0 radical (unpaired) electrons. The van der Waals surface area contributed by atoms with Gasteiger partial charge in [-0.2, -0.15) is 0 Å². The second-order valence-corrected chi connectivity index (χ2v) is 5.35. The number of amides is 1. The summed E-state index contributed by atoms with van der Waals surface area (Å²) in [7, 11) is 0. The summed E-state index contributed by atoms with van der Waals surface area (Å²) in [5.74, 6) is -0.515. The molecular weight excluding hydrogens is 322 g/mol. The van der Waals surface area contributed by atoms with Crippen molar-refractivity contribution in [2.24, 2.45) is 0 Å². The quantitative estimate of drug-likeness (QED) is 0.746. The molecule has 0 fully saturated rings. The molecule has 0 aliphatic heterocycles. The minimum absolute atomic E-state index is 0.00434. The average Bonchev–Trinajstić information content (AvgIpc) is 2.41. The summed E-state index contributed by atoms with van der Waals surface area (Å²) in [4.78, 5) is 25.5. The zero-order valence-corrected chi connectivity index (χ0v) is 13.7. The van der Waals surface area contributed by atoms with Crippen LogP contribution >= 0.6 is 15.9 Å². The van der Waals surface area contributed by atoms with E-state index in [4.69, 9.17) is 4.74 Å². The van der Waals surface area contributed by atoms with Crippen LogP contribution in [-0.4, -0.2) is 36.5 Å². The number of aryl methyl sites for hydroxylation is 1. The molecule has 0 heterocycles. The molecule has 110 valence electrons. The summed E-state index contributed by atoms with van der Waals surface area (Å²) in [5.41, 5.74) is 1.58. The Morgan fingerprint density at radius 2 is 2.00 bits per heavy atom. The van der Waals surface area contributed by atoms with E-state index in [1.807, 2.05) is 26.0 Å². The van der Waals surface area contributed by atoms with Gasteiger partial charge in [0, 0.05) is 16.6 Å². The fourth-order valence-electron chi connectivity index (χ4n) is 1.85. The lowest BCUT2D eigenvalue weighted by atomic mass is 10.1. The number of benzene rings is 1. The highest BCUT2D eigenvalue weighted by atomic mass is 79.9. The molecule has 0 saturated carbocycles. The summed E-state index contributed by atoms with van der Waals surface area (Å²) >= 11 is 3.41. The maximum absolute atomic E-state index is 12.4. The molecule has 0 aliphatic carbocycles. The van der Waals surface area contributed by atoms with Crippen LogP contribution in [0.2, 0.25) is 0 Å². The van der Waals surface area contributed by atoms with Crippen molar-refractivity contribution in [1.29, 1.82) is 0 Å². The van der Waals surface area contributed by atoms with Crippen LogP contribution in [0.15, 0.2) is 22.7 Å². The first kappa shape index (κ1) is 16.7. The molecule has 1 amide bonds. The highest BCUT2D eigenvalue weighted by molar-refractivity contribution is 9.10. The van der Waals surface area contributed by atoms with Crippen molar-refractivity contribution in [3.63, 3.8) is 0 Å². The lowest BCUT2D eigenvalue weighted by Crippen LogP contribution is -2.37. The van der Waals surface area contributed by atoms with Crippen molar-refractivity contribution < 1.29 is 14.3 Å². The van der Waals surface area contributed by atoms with E-state index in [9.17, 15) is 9.59 Å². The van der Waals surface area contributed by atoms with E-state index in [1.54, 1.807) is 13.0 Å². The lowest BCUT2D eigenvalue weighted by molar-refractivity contribution is -0.143. The number of carbonyl (C=O) groups is 2. The van der Waals surface area contributed by atoms with Crippen LogP contribution in [0.5, 0.6) is 0 Å². The van der Waals surface area contributed by atoms with Gasteiger partial charge >= 0.3 is 5.97 Å². The third-order valence-corrected chi connectivity index (χ3v) is 3.70. The lowest BCUT2D eigenvalue weighted by Gasteiger charge is -2.21. The molecule has 4 nitrogen and oxygen atoms in total. The van der Waals surface area contributed by atoms with E-state index in [0.717, 1.165) is 16.5 Å². The monoisotopic (exact) mass is 341 g/mol. The summed E-state index contributed by atoms with van der Waals surface area (Å²) < 4.78 is 5.87. The minimum atomic E-state index is -0.372. The average molecular weight is 342 g/mol. The largest absolute Gasteiger partial charge is 0.465 e. The summed E-state index contributed by atoms with van der Waals surface area (Å²) in [6.07, 6.45) is 0.792. The zero-order chi connectivity index (χ0) is 15.1. The summed E-state index contributed by atoms with van der Waals surface area (Å²) in [6, 6.07) is 5.42. The van der Waals surface area contributed by atoms with Crippen LogP contribution in [0.25, 0.3) is 0 Å². The smallest absolute Gasteiger partial charge is 0.325 e. The highest BCUT2D eigenvalue weighted by Crippen LogP contribution is 2.18. The van der Waals surface area contributed by atoms with Crippen LogP contribution < -0.4 is 0 Å². The Morgan fingerprint density at radius 3 is 2.55 bits per heavy atom. The Balaban J connectivity index is 2.87. The van der Waals surface area contributed by atoms with Crippen molar-refractivity contribution in [3.05, 3.63) is 33.8 Å². The second kappa shape index (κ2) is 8.04. The number of carbonyl (C=O) groups excluding carboxylic acids is 2. The van der Waals surface area contributed by atoms with E-state index in [0.29, 0.717) is 18.7 Å². The van der Waals surface area contributed by atoms with Crippen molar-refractivity contribution in [2.45, 2.75) is 27.2 Å². The Kier molecular flexibility index (Phi) is 6.71. The van der Waals surface area contributed by atoms with Crippen molar-refractivity contribution in [2.75, 3.05) is 19.7 Å². The number of halogens is 1. The summed E-state index contributed by atoms with van der Waals surface area (Å²) in [6.45, 7) is 6.50. The van der Waals surface area contributed by atoms with Gasteiger partial charge in [0.05, 0.1) is 6.61 Å². The molecule has 0 atom stereocenters. The van der Waals surface area contributed by atoms with Gasteiger partial charge < -0.3 is 9.64 Å². The SMILES string of the molecule is CCCN(CC(=O)OCC)C(=O)c1ccc(Br)c(C)c1. The van der Waals surface area contributed by atoms with Crippen molar-refractivity contribution >= 4 is 27.8 Å². The van der Waals surface area contributed by atoms with Crippen LogP contribution in [-0.2, 0) is 9.53 Å². The van der Waals surface area contributed by atoms with Gasteiger partial charge in [-0.05, 0) is 44.0 Å². The number of ether oxygens (including phenoxy) is 1. The molecule has 1 aromatic rings. The van der Waals surface area contributed by atoms with E-state index >= 15 is 0 Å². The number of hydrogen-bond donors (Lipinski definition) is 0. The first-order chi connectivity index (χ1) is 9.49. The normalized spacial score (nSPS) is 10.2. The van der Waals surface area contributed by atoms with Crippen LogP contribution in [0.4, 0.5) is 0 Å². The van der Waals surface area contributed by atoms with E-state index in [-0.39, 0.29) is 18.4 Å². The highest BCUT2D eigenvalue weighted by Gasteiger charge is 2.19. The molecule has 1 rings (SSSR count). The van der Waals surface area contributed by atoms with Crippen LogP contribution in [0.3, 0.4) is 0 Å². The Hall–Kier alpha value is -1.36. The first-order valence-electron chi connectivity index (χ1n) is 6.70. The molecule has 0 spiro atoms. The van der Waals surface area contributed by atoms with Gasteiger partial charge in [0.1, 0.15) is 6.54 Å². The standard InChI is InChI=1S/C15H20BrNO3/c1-4-8-17(10-14(18)20-5-2)15(19)12-6-7-13(16)11(3)9-12/h6-7,9H,4-5,8,10H2,1-3H3. The second-order valence-electron chi connectivity index (χ2n) is 4.50. The number of rotatable bonds is 6. The van der Waals surface area contributed by atoms with E-state index < -0.39 is 0 Å². The third-order valence-electron chi connectivity index (χ3n) is 2.81. The Morgan fingerprint density at radius 1 is 1.30 bits per heavy atom. The molecule has 0 saturated heterocycles. The molecule has 0 aliphatic rings. The number of esters is 1. The maximum atomic E-state index is 12.4. The number of hydrogen-bond acceptors (Lipinski definition) is 3. The molecule has 20 heavy (non-hydrogen) atoms. The zero-order valence-electron chi connectivity index (χ0n) is 12.1. The minimum Gasteiger partial charge on any atom is -0.465 e. The Labute approximate surface area is 128 Å². The predicted octanol–water partition coefficient (Wildman–Crippen LogP) is 3.17. The van der Waals surface area contributed by atoms with Gasteiger partial charge in [0.2, 0.25) is 0 Å². The fraction of sp³-hybridized carbons (Fsp3) is 0.467. The summed E-state index contributed by atoms with van der Waals surface area (Å²) in [5, 5.41) is 0. The molecule has 0 unspecified atom stereocenters. The molecule has 5 heteroatoms. The van der Waals surface area contributed by atoms with E-state index in [2.05, 4.69) is 15.9 Å². The van der Waals surface area contributed by atoms with Gasteiger partial charge in [0.15, 0.2) is 0 Å². The molecule has 0 bridgehead atoms. The van der Waals surface area contributed by atoms with Crippen LogP contribution in [0, 0.1) is 6.92 Å². The van der Waals surface area contributed by atoms with E-state index in [1.165, 1.54) is 4.90 Å². The predicted molar refractivity (Wildman–Crippen MR) is 81.7 cm³/mol. The molecule has 0 aromatic heterocycles. The first-order valence-corrected chi connectivity index (χ1v) is 7.49. The molecule has 0 N–H and O–H groups in total. The van der Waals surface area contributed by atoms with Gasteiger partial charge in [-0.3, -0.25) is 9.59 Å². The third kappa shape index (κ3) is 4.63. The topological polar surface area (TPSA) is 46.6 Å². The van der Waals surface area contributed by atoms with Gasteiger partial charge in [-0.15, -0.1) is 0 Å². The molecular formula is C15H20BrNO3. The molecule has 1 aromatic carbocycles. The van der Waals surface area contributed by atoms with Gasteiger partial charge in [-0.1, -0.05) is 22.9 Å². The van der Waals surface area contributed by atoms with Crippen molar-refractivity contribution in [1.82, 2.24) is 4.90 Å².